The minimum absolute atomic E-state index is 0.264. The third-order valence-corrected chi connectivity index (χ3v) is 2.14. The molecule has 0 saturated heterocycles. The average molecular weight is 245 g/mol. The van der Waals surface area contributed by atoms with E-state index in [0.29, 0.717) is 0 Å². The molecule has 0 fully saturated rings. The lowest BCUT2D eigenvalue weighted by atomic mass is 10.1. The van der Waals surface area contributed by atoms with Gasteiger partial charge in [-0.3, -0.25) is 4.79 Å². The number of aliphatic carboxylic acids is 1. The fourth-order valence-electron chi connectivity index (χ4n) is 1.47. The highest BCUT2D eigenvalue weighted by Crippen LogP contribution is 2.19. The molecular formula is C10H15NO6. The van der Waals surface area contributed by atoms with Crippen molar-refractivity contribution < 1.29 is 29.3 Å². The Morgan fingerprint density at radius 1 is 1.59 bits per heavy atom. The van der Waals surface area contributed by atoms with E-state index in [2.05, 4.69) is 5.32 Å². The summed E-state index contributed by atoms with van der Waals surface area (Å²) >= 11 is 0. The Balaban J connectivity index is 2.87. The zero-order valence-corrected chi connectivity index (χ0v) is 9.54. The highest BCUT2D eigenvalue weighted by Gasteiger charge is 2.37. The first-order valence-electron chi connectivity index (χ1n) is 5.14. The third-order valence-electron chi connectivity index (χ3n) is 2.14. The van der Waals surface area contributed by atoms with Gasteiger partial charge in [0, 0.05) is 13.5 Å². The molecule has 1 rings (SSSR count). The van der Waals surface area contributed by atoms with Crippen LogP contribution in [0.2, 0.25) is 0 Å². The number of ether oxygens (including phenoxy) is 2. The van der Waals surface area contributed by atoms with E-state index in [-0.39, 0.29) is 12.5 Å². The number of nitrogens with one attached hydrogen (secondary N) is 1. The molecule has 0 bridgehead atoms. The van der Waals surface area contributed by atoms with E-state index in [1.165, 1.54) is 6.92 Å². The third kappa shape index (κ3) is 3.43. The molecule has 3 N–H and O–H groups in total. The maximum atomic E-state index is 11.0. The number of carboxylic acid groups (broad SMARTS) is 1. The van der Waals surface area contributed by atoms with E-state index in [1.54, 1.807) is 6.92 Å². The normalized spacial score (nSPS) is 27.9. The van der Waals surface area contributed by atoms with Crippen LogP contribution in [0.5, 0.6) is 0 Å². The van der Waals surface area contributed by atoms with Crippen LogP contribution in [0.4, 0.5) is 0 Å². The van der Waals surface area contributed by atoms with E-state index >= 15 is 0 Å². The summed E-state index contributed by atoms with van der Waals surface area (Å²) in [7, 11) is 0. The lowest BCUT2D eigenvalue weighted by Gasteiger charge is -2.33. The average Bonchev–Trinajstić information content (AvgIpc) is 2.22. The quantitative estimate of drug-likeness (QED) is 0.599. The summed E-state index contributed by atoms with van der Waals surface area (Å²) in [6, 6.07) is -0.824. The number of hydrogen-bond donors (Lipinski definition) is 3. The number of carbonyl (C=O) groups is 2. The maximum Gasteiger partial charge on any atom is 0.371 e. The van der Waals surface area contributed by atoms with Crippen LogP contribution in [0.25, 0.3) is 0 Å². The summed E-state index contributed by atoms with van der Waals surface area (Å²) in [5.74, 6) is -2.05. The van der Waals surface area contributed by atoms with Crippen LogP contribution in [0.3, 0.4) is 0 Å². The topological polar surface area (TPSA) is 105 Å². The number of amides is 1. The lowest BCUT2D eigenvalue weighted by Crippen LogP contribution is -2.54. The smallest absolute Gasteiger partial charge is 0.371 e. The van der Waals surface area contributed by atoms with E-state index in [4.69, 9.17) is 14.6 Å². The second kappa shape index (κ2) is 5.65. The summed E-state index contributed by atoms with van der Waals surface area (Å²) in [6.45, 7) is 3.24. The molecule has 0 aromatic rings. The summed E-state index contributed by atoms with van der Waals surface area (Å²) in [6.07, 6.45) is -1.16. The van der Waals surface area contributed by atoms with Crippen LogP contribution in [0.1, 0.15) is 13.8 Å². The summed E-state index contributed by atoms with van der Waals surface area (Å²) in [5.41, 5.74) is 0. The van der Waals surface area contributed by atoms with Gasteiger partial charge in [-0.15, -0.1) is 0 Å². The summed E-state index contributed by atoms with van der Waals surface area (Å²) in [5, 5.41) is 20.9. The van der Waals surface area contributed by atoms with Crippen LogP contribution in [-0.2, 0) is 19.1 Å². The first-order chi connectivity index (χ1) is 7.95. The van der Waals surface area contributed by atoms with Crippen LogP contribution in [0.15, 0.2) is 11.8 Å². The second-order valence-corrected chi connectivity index (χ2v) is 3.49. The van der Waals surface area contributed by atoms with Gasteiger partial charge in [0.05, 0.1) is 0 Å². The van der Waals surface area contributed by atoms with Gasteiger partial charge in [-0.25, -0.2) is 4.79 Å². The minimum atomic E-state index is -1.30. The van der Waals surface area contributed by atoms with Crippen LogP contribution in [0, 0.1) is 0 Å². The molecule has 0 aliphatic carbocycles. The van der Waals surface area contributed by atoms with Crippen molar-refractivity contribution in [1.29, 1.82) is 0 Å². The zero-order valence-electron chi connectivity index (χ0n) is 9.54. The van der Waals surface area contributed by atoms with Crippen LogP contribution in [-0.4, -0.2) is 47.1 Å². The fourth-order valence-corrected chi connectivity index (χ4v) is 1.47. The van der Waals surface area contributed by atoms with E-state index in [0.717, 1.165) is 6.08 Å². The largest absolute Gasteiger partial charge is 0.475 e. The van der Waals surface area contributed by atoms with Crippen LogP contribution < -0.4 is 5.32 Å². The lowest BCUT2D eigenvalue weighted by molar-refractivity contribution is -0.173. The molecule has 0 saturated carbocycles. The first kappa shape index (κ1) is 13.5. The fraction of sp³-hybridized carbons (Fsp3) is 0.600. The molecule has 0 radical (unpaired) electrons. The molecule has 17 heavy (non-hydrogen) atoms. The van der Waals surface area contributed by atoms with E-state index < -0.39 is 30.2 Å². The number of hydrogen-bond acceptors (Lipinski definition) is 5. The Labute approximate surface area is 98.0 Å². The van der Waals surface area contributed by atoms with E-state index in [1.807, 2.05) is 0 Å². The van der Waals surface area contributed by atoms with Gasteiger partial charge >= 0.3 is 5.97 Å². The van der Waals surface area contributed by atoms with Gasteiger partial charge < -0.3 is 25.0 Å². The molecule has 7 heteroatoms. The molecule has 1 amide bonds. The predicted octanol–water partition coefficient (Wildman–Crippen LogP) is -0.787. The number of aliphatic hydroxyl groups is 1. The second-order valence-electron chi connectivity index (χ2n) is 3.49. The molecule has 1 heterocycles. The summed E-state index contributed by atoms with van der Waals surface area (Å²) in [4.78, 5) is 21.7. The van der Waals surface area contributed by atoms with Gasteiger partial charge in [0.15, 0.2) is 0 Å². The molecule has 7 nitrogen and oxygen atoms in total. The molecule has 0 unspecified atom stereocenters. The predicted molar refractivity (Wildman–Crippen MR) is 55.8 cm³/mol. The standard InChI is InChI=1S/C10H15NO6/c1-3-16-10-8(11-5(2)12)6(13)4-7(17-10)9(14)15/h4,6,8,10,13H,3H2,1-2H3,(H,11,12)(H,14,15)/t6-,8+,10+/m0/s1. The molecular weight excluding hydrogens is 230 g/mol. The van der Waals surface area contributed by atoms with Gasteiger partial charge in [0.25, 0.3) is 0 Å². The Bertz CT molecular complexity index is 340. The van der Waals surface area contributed by atoms with Crippen molar-refractivity contribution in [3.8, 4) is 0 Å². The molecule has 1 aliphatic rings. The van der Waals surface area contributed by atoms with Crippen molar-refractivity contribution in [1.82, 2.24) is 5.32 Å². The molecule has 0 aromatic carbocycles. The Morgan fingerprint density at radius 3 is 2.71 bits per heavy atom. The van der Waals surface area contributed by atoms with Crippen molar-refractivity contribution in [2.45, 2.75) is 32.3 Å². The van der Waals surface area contributed by atoms with Crippen LogP contribution >= 0.6 is 0 Å². The Hall–Kier alpha value is -1.60. The molecule has 96 valence electrons. The Morgan fingerprint density at radius 2 is 2.24 bits per heavy atom. The van der Waals surface area contributed by atoms with Gasteiger partial charge in [-0.05, 0) is 13.0 Å². The maximum absolute atomic E-state index is 11.0. The van der Waals surface area contributed by atoms with E-state index in [9.17, 15) is 14.7 Å². The van der Waals surface area contributed by atoms with Gasteiger partial charge in [0.2, 0.25) is 18.0 Å². The SMILES string of the molecule is CCO[C@@H]1OC(C(=O)O)=C[C@H](O)[C@H]1NC(C)=O. The highest BCUT2D eigenvalue weighted by molar-refractivity contribution is 5.84. The molecule has 1 aliphatic heterocycles. The first-order valence-corrected chi connectivity index (χ1v) is 5.14. The minimum Gasteiger partial charge on any atom is -0.475 e. The van der Waals surface area contributed by atoms with Crippen molar-refractivity contribution in [3.63, 3.8) is 0 Å². The molecule has 0 aromatic heterocycles. The number of carboxylic acids is 1. The Kier molecular flexibility index (Phi) is 4.47. The zero-order chi connectivity index (χ0) is 13.0. The van der Waals surface area contributed by atoms with Gasteiger partial charge in [0.1, 0.15) is 12.1 Å². The molecule has 3 atom stereocenters. The molecule has 0 spiro atoms. The van der Waals surface area contributed by atoms with Crippen molar-refractivity contribution >= 4 is 11.9 Å². The van der Waals surface area contributed by atoms with Crippen molar-refractivity contribution in [2.24, 2.45) is 0 Å². The number of rotatable bonds is 4. The van der Waals surface area contributed by atoms with Crippen molar-refractivity contribution in [2.75, 3.05) is 6.61 Å². The highest BCUT2D eigenvalue weighted by atomic mass is 16.7. The number of carbonyl (C=O) groups excluding carboxylic acids is 1. The van der Waals surface area contributed by atoms with Gasteiger partial charge in [-0.1, -0.05) is 0 Å². The number of aliphatic hydroxyl groups excluding tert-OH is 1. The van der Waals surface area contributed by atoms with Crippen molar-refractivity contribution in [3.05, 3.63) is 11.8 Å². The summed E-state index contributed by atoms with van der Waals surface area (Å²) < 4.78 is 10.2. The van der Waals surface area contributed by atoms with Gasteiger partial charge in [-0.2, -0.15) is 0 Å². The monoisotopic (exact) mass is 245 g/mol.